The molecule has 0 radical (unpaired) electrons. The van der Waals surface area contributed by atoms with Crippen LogP contribution in [0.1, 0.15) is 5.56 Å². The van der Waals surface area contributed by atoms with Crippen LogP contribution in [0.3, 0.4) is 0 Å². The topological polar surface area (TPSA) is 83.3 Å². The molecule has 0 N–H and O–H groups in total. The molecular formula is C27H31N3O4SSi. The predicted octanol–water partition coefficient (Wildman–Crippen LogP) is 6.25. The van der Waals surface area contributed by atoms with E-state index in [2.05, 4.69) is 31.2 Å². The molecule has 0 spiro atoms. The molecule has 0 saturated carbocycles. The smallest absolute Gasteiger partial charge is 0.175 e. The van der Waals surface area contributed by atoms with Gasteiger partial charge in [-0.1, -0.05) is 38.4 Å². The molecule has 36 heavy (non-hydrogen) atoms. The third-order valence-electron chi connectivity index (χ3n) is 5.69. The maximum absolute atomic E-state index is 11.8. The Hall–Kier alpha value is -3.27. The van der Waals surface area contributed by atoms with Crippen molar-refractivity contribution in [3.05, 3.63) is 72.9 Å². The van der Waals surface area contributed by atoms with Gasteiger partial charge in [0.05, 0.1) is 15.9 Å². The lowest BCUT2D eigenvalue weighted by Gasteiger charge is -2.16. The molecule has 4 aromatic rings. The summed E-state index contributed by atoms with van der Waals surface area (Å²) < 4.78 is 37.8. The van der Waals surface area contributed by atoms with E-state index in [4.69, 9.17) is 14.5 Å². The van der Waals surface area contributed by atoms with E-state index in [1.807, 2.05) is 34.9 Å². The third kappa shape index (κ3) is 6.10. The van der Waals surface area contributed by atoms with Crippen molar-refractivity contribution in [2.24, 2.45) is 0 Å². The molecule has 0 fully saturated rings. The van der Waals surface area contributed by atoms with Crippen molar-refractivity contribution in [2.75, 3.05) is 12.9 Å². The number of nitrogens with zero attached hydrogens (tertiary/aromatic N) is 3. The van der Waals surface area contributed by atoms with E-state index >= 15 is 0 Å². The molecule has 0 amide bonds. The molecule has 188 valence electrons. The molecule has 0 aliphatic rings. The van der Waals surface area contributed by atoms with Crippen LogP contribution in [0, 0.1) is 0 Å². The molecule has 0 saturated heterocycles. The number of pyridine rings is 1. The van der Waals surface area contributed by atoms with Crippen LogP contribution in [0.4, 0.5) is 0 Å². The van der Waals surface area contributed by atoms with Crippen LogP contribution in [0.2, 0.25) is 25.7 Å². The van der Waals surface area contributed by atoms with Gasteiger partial charge in [-0.05, 0) is 48.5 Å². The Morgan fingerprint density at radius 3 is 2.44 bits per heavy atom. The lowest BCUT2D eigenvalue weighted by molar-refractivity contribution is 0.0909. The Balaban J connectivity index is 1.71. The number of rotatable bonds is 10. The first-order chi connectivity index (χ1) is 17.0. The molecule has 2 aromatic carbocycles. The summed E-state index contributed by atoms with van der Waals surface area (Å²) in [6, 6.07) is 17.0. The zero-order chi connectivity index (χ0) is 25.9. The highest BCUT2D eigenvalue weighted by molar-refractivity contribution is 7.90. The largest absolute Gasteiger partial charge is 0.457 e. The normalized spacial score (nSPS) is 12.1. The Morgan fingerprint density at radius 1 is 1.08 bits per heavy atom. The van der Waals surface area contributed by atoms with Gasteiger partial charge in [-0.25, -0.2) is 13.4 Å². The van der Waals surface area contributed by atoms with Gasteiger partial charge in [-0.2, -0.15) is 0 Å². The minimum absolute atomic E-state index is 0.238. The summed E-state index contributed by atoms with van der Waals surface area (Å²) in [4.78, 5) is 9.61. The van der Waals surface area contributed by atoms with Crippen LogP contribution >= 0.6 is 0 Å². The first-order valence-electron chi connectivity index (χ1n) is 11.7. The van der Waals surface area contributed by atoms with E-state index in [0.717, 1.165) is 28.3 Å². The molecule has 0 unspecified atom stereocenters. The summed E-state index contributed by atoms with van der Waals surface area (Å²) in [7, 11) is -4.49. The molecule has 2 aromatic heterocycles. The van der Waals surface area contributed by atoms with Gasteiger partial charge in [-0.3, -0.25) is 9.55 Å². The first-order valence-corrected chi connectivity index (χ1v) is 17.3. The van der Waals surface area contributed by atoms with Gasteiger partial charge in [0.25, 0.3) is 0 Å². The van der Waals surface area contributed by atoms with E-state index in [1.54, 1.807) is 24.4 Å². The Labute approximate surface area is 213 Å². The van der Waals surface area contributed by atoms with E-state index in [1.165, 1.54) is 18.4 Å². The van der Waals surface area contributed by atoms with Gasteiger partial charge in [0.15, 0.2) is 15.7 Å². The van der Waals surface area contributed by atoms with Crippen LogP contribution in [0.25, 0.3) is 28.6 Å². The molecular weight excluding hydrogens is 490 g/mol. The zero-order valence-corrected chi connectivity index (χ0v) is 22.9. The quantitative estimate of drug-likeness (QED) is 0.181. The summed E-state index contributed by atoms with van der Waals surface area (Å²) in [5, 5.41) is 0. The molecule has 0 bridgehead atoms. The van der Waals surface area contributed by atoms with Crippen molar-refractivity contribution >= 4 is 35.0 Å². The fourth-order valence-corrected chi connectivity index (χ4v) is 5.04. The number of hydrogen-bond donors (Lipinski definition) is 0. The summed E-state index contributed by atoms with van der Waals surface area (Å²) in [5.41, 5.74) is 3.16. The number of benzene rings is 2. The molecule has 7 nitrogen and oxygen atoms in total. The fourth-order valence-electron chi connectivity index (χ4n) is 3.65. The average Bonchev–Trinajstić information content (AvgIpc) is 3.18. The highest BCUT2D eigenvalue weighted by atomic mass is 32.2. The van der Waals surface area contributed by atoms with Crippen molar-refractivity contribution < 1.29 is 17.9 Å². The highest BCUT2D eigenvalue weighted by Crippen LogP contribution is 2.33. The molecule has 0 aliphatic carbocycles. The second kappa shape index (κ2) is 10.4. The van der Waals surface area contributed by atoms with E-state index < -0.39 is 17.9 Å². The summed E-state index contributed by atoms with van der Waals surface area (Å²) >= 11 is 0. The molecule has 0 aliphatic heterocycles. The van der Waals surface area contributed by atoms with Crippen molar-refractivity contribution in [2.45, 2.75) is 37.3 Å². The third-order valence-corrected chi connectivity index (χ3v) is 8.52. The zero-order valence-electron chi connectivity index (χ0n) is 21.1. The Morgan fingerprint density at radius 2 is 1.83 bits per heavy atom. The van der Waals surface area contributed by atoms with Gasteiger partial charge in [0.2, 0.25) is 0 Å². The highest BCUT2D eigenvalue weighted by Gasteiger charge is 2.18. The SMILES string of the molecule is C=Cc1cc2c(cc1Oc1ccc(S(C)(=O)=O)cc1)nc(-c1ccccn1)n2COCC[Si](C)(C)C. The number of imidazole rings is 1. The van der Waals surface area contributed by atoms with Crippen LogP contribution in [0.15, 0.2) is 72.3 Å². The van der Waals surface area contributed by atoms with Crippen LogP contribution in [-0.2, 0) is 21.3 Å². The van der Waals surface area contributed by atoms with Crippen molar-refractivity contribution in [3.63, 3.8) is 0 Å². The van der Waals surface area contributed by atoms with Gasteiger partial charge in [0, 0.05) is 38.8 Å². The number of fused-ring (bicyclic) bond motifs is 1. The van der Waals surface area contributed by atoms with Gasteiger partial charge in [0.1, 0.15) is 23.9 Å². The predicted molar refractivity (Wildman–Crippen MR) is 147 cm³/mol. The Bertz CT molecular complexity index is 1480. The van der Waals surface area contributed by atoms with Crippen molar-refractivity contribution in [1.82, 2.24) is 14.5 Å². The fraction of sp³-hybridized carbons (Fsp3) is 0.259. The van der Waals surface area contributed by atoms with Gasteiger partial charge in [-0.15, -0.1) is 0 Å². The lowest BCUT2D eigenvalue weighted by atomic mass is 10.1. The standard InChI is InChI=1S/C27H31N3O4SSi/c1-6-20-17-25-24(18-26(20)34-21-10-12-22(13-11-21)35(2,31)32)29-27(23-9-7-8-14-28-23)30(25)19-33-15-16-36(3,4)5/h6-14,17-18H,1,15-16,19H2,2-5H3. The maximum atomic E-state index is 11.8. The van der Waals surface area contributed by atoms with Gasteiger partial charge < -0.3 is 9.47 Å². The summed E-state index contributed by atoms with van der Waals surface area (Å²) in [6.45, 7) is 12.0. The number of aromatic nitrogens is 3. The van der Waals surface area contributed by atoms with Crippen LogP contribution in [-0.4, -0.2) is 43.9 Å². The monoisotopic (exact) mass is 521 g/mol. The molecule has 9 heteroatoms. The van der Waals surface area contributed by atoms with E-state index in [-0.39, 0.29) is 4.90 Å². The maximum Gasteiger partial charge on any atom is 0.175 e. The number of ether oxygens (including phenoxy) is 2. The van der Waals surface area contributed by atoms with Crippen LogP contribution in [0.5, 0.6) is 11.5 Å². The second-order valence-electron chi connectivity index (χ2n) is 9.85. The average molecular weight is 522 g/mol. The van der Waals surface area contributed by atoms with Crippen LogP contribution < -0.4 is 4.74 Å². The summed E-state index contributed by atoms with van der Waals surface area (Å²) in [6.07, 6.45) is 4.65. The second-order valence-corrected chi connectivity index (χ2v) is 17.5. The van der Waals surface area contributed by atoms with Crippen molar-refractivity contribution in [3.8, 4) is 23.0 Å². The molecule has 2 heterocycles. The number of sulfone groups is 1. The first kappa shape index (κ1) is 25.8. The molecule has 4 rings (SSSR count). The minimum atomic E-state index is -3.28. The Kier molecular flexibility index (Phi) is 7.44. The van der Waals surface area contributed by atoms with E-state index in [9.17, 15) is 8.42 Å². The minimum Gasteiger partial charge on any atom is -0.457 e. The van der Waals surface area contributed by atoms with E-state index in [0.29, 0.717) is 30.7 Å². The summed E-state index contributed by atoms with van der Waals surface area (Å²) in [5.74, 6) is 1.80. The van der Waals surface area contributed by atoms with Crippen molar-refractivity contribution in [1.29, 1.82) is 0 Å². The van der Waals surface area contributed by atoms with Gasteiger partial charge >= 0.3 is 0 Å². The number of hydrogen-bond acceptors (Lipinski definition) is 6. The molecule has 0 atom stereocenters. The lowest BCUT2D eigenvalue weighted by Crippen LogP contribution is -2.22.